The van der Waals surface area contributed by atoms with Crippen molar-refractivity contribution in [3.8, 4) is 0 Å². The Kier molecular flexibility index (Phi) is 7.31. The van der Waals surface area contributed by atoms with Gasteiger partial charge < -0.3 is 9.64 Å². The van der Waals surface area contributed by atoms with Crippen molar-refractivity contribution in [1.82, 2.24) is 14.7 Å². The summed E-state index contributed by atoms with van der Waals surface area (Å²) in [6.45, 7) is 8.98. The molecule has 0 saturated carbocycles. The molecule has 3 rings (SSSR count). The van der Waals surface area contributed by atoms with Crippen LogP contribution in [0.15, 0.2) is 24.3 Å². The molecular weight excluding hydrogens is 416 g/mol. The number of aromatic nitrogens is 2. The van der Waals surface area contributed by atoms with Gasteiger partial charge in [0.15, 0.2) is 0 Å². The van der Waals surface area contributed by atoms with Crippen molar-refractivity contribution < 1.29 is 23.1 Å². The van der Waals surface area contributed by atoms with Gasteiger partial charge in [-0.3, -0.25) is 14.3 Å². The van der Waals surface area contributed by atoms with Gasteiger partial charge in [0, 0.05) is 25.7 Å². The van der Waals surface area contributed by atoms with Crippen LogP contribution in [0.2, 0.25) is 0 Å². The Labute approximate surface area is 187 Å². The van der Waals surface area contributed by atoms with Crippen molar-refractivity contribution in [2.24, 2.45) is 5.41 Å². The largest absolute Gasteiger partial charge is 0.466 e. The highest BCUT2D eigenvalue weighted by Crippen LogP contribution is 2.37. The van der Waals surface area contributed by atoms with Crippen LogP contribution in [0.1, 0.15) is 68.2 Å². The van der Waals surface area contributed by atoms with Crippen LogP contribution in [0, 0.1) is 17.0 Å². The van der Waals surface area contributed by atoms with Gasteiger partial charge in [0.2, 0.25) is 0 Å². The Bertz CT molecular complexity index is 989. The van der Waals surface area contributed by atoms with Crippen LogP contribution in [-0.4, -0.2) is 46.3 Å². The zero-order chi connectivity index (χ0) is 23.5. The molecule has 0 unspecified atom stereocenters. The van der Waals surface area contributed by atoms with E-state index in [1.165, 1.54) is 12.1 Å². The van der Waals surface area contributed by atoms with Crippen molar-refractivity contribution in [3.05, 3.63) is 52.9 Å². The van der Waals surface area contributed by atoms with Crippen LogP contribution in [0.5, 0.6) is 0 Å². The molecule has 2 aromatic rings. The third-order valence-corrected chi connectivity index (χ3v) is 6.03. The van der Waals surface area contributed by atoms with Gasteiger partial charge in [-0.1, -0.05) is 19.9 Å². The zero-order valence-corrected chi connectivity index (χ0v) is 19.2. The van der Waals surface area contributed by atoms with E-state index in [1.807, 2.05) is 20.8 Å². The first-order valence-corrected chi connectivity index (χ1v) is 11.2. The minimum Gasteiger partial charge on any atom is -0.466 e. The summed E-state index contributed by atoms with van der Waals surface area (Å²) in [5.41, 5.74) is 0.441. The summed E-state index contributed by atoms with van der Waals surface area (Å²) in [6.07, 6.45) is 1.06. The number of benzene rings is 1. The Morgan fingerprint density at radius 2 is 1.97 bits per heavy atom. The van der Waals surface area contributed by atoms with Gasteiger partial charge in [0.25, 0.3) is 5.91 Å². The number of aryl methyl sites for hydroxylation is 1. The summed E-state index contributed by atoms with van der Waals surface area (Å²) in [7, 11) is 0. The van der Waals surface area contributed by atoms with Gasteiger partial charge in [0.1, 0.15) is 17.3 Å². The number of nitrogens with zero attached hydrogens (tertiary/aromatic N) is 3. The van der Waals surface area contributed by atoms with Crippen molar-refractivity contribution in [2.75, 3.05) is 19.7 Å². The van der Waals surface area contributed by atoms with E-state index in [0.717, 1.165) is 11.8 Å². The fourth-order valence-electron chi connectivity index (χ4n) is 4.30. The van der Waals surface area contributed by atoms with Crippen LogP contribution < -0.4 is 0 Å². The second-order valence-electron chi connectivity index (χ2n) is 8.67. The molecular formula is C24H31F2N3O3. The Hall–Kier alpha value is -2.77. The van der Waals surface area contributed by atoms with Crippen LogP contribution in [0.25, 0.3) is 0 Å². The number of piperidine rings is 1. The van der Waals surface area contributed by atoms with E-state index in [-0.39, 0.29) is 37.0 Å². The molecule has 2 heterocycles. The van der Waals surface area contributed by atoms with E-state index in [4.69, 9.17) is 4.74 Å². The van der Waals surface area contributed by atoms with Gasteiger partial charge in [-0.2, -0.15) is 5.10 Å². The van der Waals surface area contributed by atoms with E-state index >= 15 is 0 Å². The molecule has 0 N–H and O–H groups in total. The topological polar surface area (TPSA) is 64.4 Å². The molecule has 32 heavy (non-hydrogen) atoms. The summed E-state index contributed by atoms with van der Waals surface area (Å²) in [4.78, 5) is 28.1. The fourth-order valence-corrected chi connectivity index (χ4v) is 4.30. The summed E-state index contributed by atoms with van der Waals surface area (Å²) >= 11 is 0. The Balaban J connectivity index is 1.93. The summed E-state index contributed by atoms with van der Waals surface area (Å²) in [5, 5.41) is 4.53. The number of rotatable bonds is 7. The van der Waals surface area contributed by atoms with Crippen LogP contribution in [0.4, 0.5) is 8.78 Å². The minimum atomic E-state index is -1.10. The molecule has 1 aliphatic heterocycles. The molecule has 1 fully saturated rings. The van der Waals surface area contributed by atoms with Crippen molar-refractivity contribution in [3.63, 3.8) is 0 Å². The second kappa shape index (κ2) is 9.79. The first-order chi connectivity index (χ1) is 15.2. The highest BCUT2D eigenvalue weighted by molar-refractivity contribution is 5.93. The quantitative estimate of drug-likeness (QED) is 0.593. The highest BCUT2D eigenvalue weighted by atomic mass is 19.1. The number of hydrogen-bond donors (Lipinski definition) is 0. The summed E-state index contributed by atoms with van der Waals surface area (Å²) in [6, 6.07) is 5.15. The van der Waals surface area contributed by atoms with E-state index in [9.17, 15) is 18.4 Å². The molecule has 1 amide bonds. The molecule has 1 aliphatic rings. The van der Waals surface area contributed by atoms with Gasteiger partial charge in [-0.25, -0.2) is 8.78 Å². The van der Waals surface area contributed by atoms with Crippen molar-refractivity contribution in [2.45, 2.75) is 59.4 Å². The average molecular weight is 448 g/mol. The molecule has 0 aliphatic carbocycles. The van der Waals surface area contributed by atoms with Crippen molar-refractivity contribution in [1.29, 1.82) is 0 Å². The number of halogens is 2. The van der Waals surface area contributed by atoms with E-state index in [2.05, 4.69) is 5.10 Å². The monoisotopic (exact) mass is 447 g/mol. The standard InChI is InChI=1S/C24H31F2N3O3/c1-5-29-21(13-20(27-29)16(3)4)22(30)28-11-7-10-24(15-28,23(31)32-6-2)14-17-8-9-18(25)12-19(17)26/h8-9,12-13,16H,5-7,10-11,14-15H2,1-4H3/t24-/m0/s1. The summed E-state index contributed by atoms with van der Waals surface area (Å²) < 4.78 is 34.9. The molecule has 0 radical (unpaired) electrons. The minimum absolute atomic E-state index is 0.0337. The predicted octanol–water partition coefficient (Wildman–Crippen LogP) is 4.33. The van der Waals surface area contributed by atoms with Gasteiger partial charge in [-0.15, -0.1) is 0 Å². The lowest BCUT2D eigenvalue weighted by Crippen LogP contribution is -2.52. The molecule has 1 atom stereocenters. The molecule has 1 saturated heterocycles. The molecule has 6 nitrogen and oxygen atoms in total. The number of carbonyl (C=O) groups excluding carboxylic acids is 2. The van der Waals surface area contributed by atoms with Crippen LogP contribution >= 0.6 is 0 Å². The number of hydrogen-bond acceptors (Lipinski definition) is 4. The maximum atomic E-state index is 14.4. The van der Waals surface area contributed by atoms with E-state index in [0.29, 0.717) is 31.6 Å². The van der Waals surface area contributed by atoms with Gasteiger partial charge in [0.05, 0.1) is 17.7 Å². The maximum Gasteiger partial charge on any atom is 0.314 e. The first-order valence-electron chi connectivity index (χ1n) is 11.2. The Morgan fingerprint density at radius 3 is 2.59 bits per heavy atom. The molecule has 0 bridgehead atoms. The third-order valence-electron chi connectivity index (χ3n) is 6.03. The number of esters is 1. The molecule has 174 valence electrons. The van der Waals surface area contributed by atoms with E-state index < -0.39 is 23.0 Å². The predicted molar refractivity (Wildman–Crippen MR) is 116 cm³/mol. The van der Waals surface area contributed by atoms with Gasteiger partial charge >= 0.3 is 5.97 Å². The third kappa shape index (κ3) is 4.84. The lowest BCUT2D eigenvalue weighted by atomic mass is 9.74. The number of carbonyl (C=O) groups is 2. The number of amides is 1. The van der Waals surface area contributed by atoms with E-state index in [1.54, 1.807) is 22.6 Å². The number of likely N-dealkylation sites (tertiary alicyclic amines) is 1. The maximum absolute atomic E-state index is 14.4. The first kappa shape index (κ1) is 23.9. The highest BCUT2D eigenvalue weighted by Gasteiger charge is 2.45. The number of ether oxygens (including phenoxy) is 1. The van der Waals surface area contributed by atoms with Crippen LogP contribution in [-0.2, 0) is 22.5 Å². The Morgan fingerprint density at radius 1 is 1.22 bits per heavy atom. The lowest BCUT2D eigenvalue weighted by molar-refractivity contribution is -0.158. The lowest BCUT2D eigenvalue weighted by Gasteiger charge is -2.41. The van der Waals surface area contributed by atoms with Crippen LogP contribution in [0.3, 0.4) is 0 Å². The van der Waals surface area contributed by atoms with Gasteiger partial charge in [-0.05, 0) is 56.7 Å². The summed E-state index contributed by atoms with van der Waals surface area (Å²) in [5.74, 6) is -1.88. The fraction of sp³-hybridized carbons (Fsp3) is 0.542. The molecule has 1 aromatic carbocycles. The van der Waals surface area contributed by atoms with Crippen molar-refractivity contribution >= 4 is 11.9 Å². The molecule has 1 aromatic heterocycles. The SMILES string of the molecule is CCOC(=O)[C@]1(Cc2ccc(F)cc2F)CCCN(C(=O)c2cc(C(C)C)nn2CC)C1. The second-order valence-corrected chi connectivity index (χ2v) is 8.67. The normalized spacial score (nSPS) is 18.8. The average Bonchev–Trinajstić information content (AvgIpc) is 3.20. The smallest absolute Gasteiger partial charge is 0.314 e. The zero-order valence-electron chi connectivity index (χ0n) is 19.2. The molecule has 8 heteroatoms. The molecule has 0 spiro atoms.